The molecule has 1 amide bonds. The van der Waals surface area contributed by atoms with Gasteiger partial charge in [-0.1, -0.05) is 0 Å². The zero-order valence-corrected chi connectivity index (χ0v) is 10.0. The van der Waals surface area contributed by atoms with Gasteiger partial charge in [0.2, 0.25) is 0 Å². The highest BCUT2D eigenvalue weighted by Crippen LogP contribution is 2.33. The molecule has 0 radical (unpaired) electrons. The van der Waals surface area contributed by atoms with Gasteiger partial charge in [-0.2, -0.15) is 13.2 Å². The molecule has 1 aliphatic heterocycles. The Morgan fingerprint density at radius 3 is 2.18 bits per heavy atom. The number of rotatable bonds is 0. The van der Waals surface area contributed by atoms with Crippen molar-refractivity contribution < 1.29 is 22.7 Å². The van der Waals surface area contributed by atoms with E-state index in [4.69, 9.17) is 10.5 Å². The highest BCUT2D eigenvalue weighted by molar-refractivity contribution is 5.68. The van der Waals surface area contributed by atoms with E-state index in [-0.39, 0.29) is 6.54 Å². The molecule has 0 aromatic carbocycles. The van der Waals surface area contributed by atoms with E-state index >= 15 is 0 Å². The van der Waals surface area contributed by atoms with Crippen molar-refractivity contribution >= 4 is 6.09 Å². The van der Waals surface area contributed by atoms with E-state index in [2.05, 4.69) is 0 Å². The van der Waals surface area contributed by atoms with E-state index in [1.165, 1.54) is 0 Å². The van der Waals surface area contributed by atoms with E-state index in [0.717, 1.165) is 4.90 Å². The molecule has 1 saturated heterocycles. The molecule has 0 aliphatic carbocycles. The summed E-state index contributed by atoms with van der Waals surface area (Å²) in [5.74, 6) is -1.67. The fraction of sp³-hybridized carbons (Fsp3) is 0.900. The van der Waals surface area contributed by atoms with Gasteiger partial charge in [0.05, 0.1) is 5.92 Å². The van der Waals surface area contributed by atoms with Gasteiger partial charge in [0.15, 0.2) is 0 Å². The second kappa shape index (κ2) is 4.36. The maximum absolute atomic E-state index is 12.5. The summed E-state index contributed by atoms with van der Waals surface area (Å²) >= 11 is 0. The van der Waals surface area contributed by atoms with Crippen LogP contribution in [0.4, 0.5) is 18.0 Å². The molecule has 0 unspecified atom stereocenters. The topological polar surface area (TPSA) is 55.6 Å². The van der Waals surface area contributed by atoms with Crippen molar-refractivity contribution in [2.45, 2.75) is 38.6 Å². The Morgan fingerprint density at radius 1 is 1.29 bits per heavy atom. The molecule has 0 aromatic rings. The minimum Gasteiger partial charge on any atom is -0.444 e. The van der Waals surface area contributed by atoms with Crippen LogP contribution in [0.1, 0.15) is 20.8 Å². The van der Waals surface area contributed by atoms with Gasteiger partial charge in [0, 0.05) is 19.1 Å². The van der Waals surface area contributed by atoms with Crippen molar-refractivity contribution in [3.05, 3.63) is 0 Å². The van der Waals surface area contributed by atoms with Crippen molar-refractivity contribution in [1.29, 1.82) is 0 Å². The molecular formula is C10H17F3N2O2. The summed E-state index contributed by atoms with van der Waals surface area (Å²) in [6.45, 7) is 4.41. The number of carbonyl (C=O) groups excluding carboxylic acids is 1. The Hall–Kier alpha value is -0.980. The van der Waals surface area contributed by atoms with Crippen LogP contribution in [0.3, 0.4) is 0 Å². The Kier molecular flexibility index (Phi) is 3.61. The van der Waals surface area contributed by atoms with Crippen molar-refractivity contribution in [2.24, 2.45) is 11.7 Å². The van der Waals surface area contributed by atoms with Crippen LogP contribution in [0.15, 0.2) is 0 Å². The van der Waals surface area contributed by atoms with Crippen molar-refractivity contribution in [2.75, 3.05) is 13.1 Å². The minimum absolute atomic E-state index is 0.126. The van der Waals surface area contributed by atoms with E-state index in [0.29, 0.717) is 0 Å². The van der Waals surface area contributed by atoms with Crippen LogP contribution in [0.2, 0.25) is 0 Å². The summed E-state index contributed by atoms with van der Waals surface area (Å²) in [7, 11) is 0. The Bertz CT molecular complexity index is 299. The molecule has 1 aliphatic rings. The van der Waals surface area contributed by atoms with Gasteiger partial charge in [-0.3, -0.25) is 0 Å². The minimum atomic E-state index is -4.38. The van der Waals surface area contributed by atoms with Gasteiger partial charge in [-0.15, -0.1) is 0 Å². The molecule has 17 heavy (non-hydrogen) atoms. The lowest BCUT2D eigenvalue weighted by Crippen LogP contribution is -2.38. The molecule has 0 spiro atoms. The van der Waals surface area contributed by atoms with Crippen LogP contribution in [-0.2, 0) is 4.74 Å². The number of nitrogens with two attached hydrogens (primary N) is 1. The third-order valence-corrected chi connectivity index (χ3v) is 2.44. The molecular weight excluding hydrogens is 237 g/mol. The van der Waals surface area contributed by atoms with Gasteiger partial charge in [-0.05, 0) is 20.8 Å². The Labute approximate surface area is 97.9 Å². The molecule has 7 heteroatoms. The number of hydrogen-bond acceptors (Lipinski definition) is 3. The third-order valence-electron chi connectivity index (χ3n) is 2.44. The summed E-state index contributed by atoms with van der Waals surface area (Å²) in [5, 5.41) is 0. The van der Waals surface area contributed by atoms with E-state index in [1.54, 1.807) is 20.8 Å². The first kappa shape index (κ1) is 14.1. The predicted octanol–water partition coefficient (Wildman–Crippen LogP) is 1.74. The van der Waals surface area contributed by atoms with Gasteiger partial charge in [0.1, 0.15) is 5.60 Å². The standard InChI is InChI=1S/C10H17F3N2O2/c1-9(2,3)17-8(16)15-4-6(7(14)5-15)10(11,12)13/h6-7H,4-5,14H2,1-3H3/t6-,7+/m0/s1. The number of halogens is 3. The van der Waals surface area contributed by atoms with Crippen LogP contribution in [0.25, 0.3) is 0 Å². The molecule has 0 saturated carbocycles. The van der Waals surface area contributed by atoms with Gasteiger partial charge >= 0.3 is 12.3 Å². The smallest absolute Gasteiger partial charge is 0.410 e. The largest absolute Gasteiger partial charge is 0.444 e. The first-order valence-corrected chi connectivity index (χ1v) is 5.31. The molecule has 100 valence electrons. The fourth-order valence-corrected chi connectivity index (χ4v) is 1.65. The lowest BCUT2D eigenvalue weighted by molar-refractivity contribution is -0.173. The van der Waals surface area contributed by atoms with E-state index in [9.17, 15) is 18.0 Å². The predicted molar refractivity (Wildman–Crippen MR) is 55.3 cm³/mol. The average molecular weight is 254 g/mol. The normalized spacial score (nSPS) is 26.2. The van der Waals surface area contributed by atoms with Crippen molar-refractivity contribution in [1.82, 2.24) is 4.90 Å². The maximum Gasteiger partial charge on any atom is 0.410 e. The SMILES string of the molecule is CC(C)(C)OC(=O)N1C[C@@H](N)[C@@H](C(F)(F)F)C1. The Balaban J connectivity index is 2.63. The average Bonchev–Trinajstić information content (AvgIpc) is 2.42. The van der Waals surface area contributed by atoms with Crippen molar-refractivity contribution in [3.63, 3.8) is 0 Å². The highest BCUT2D eigenvalue weighted by atomic mass is 19.4. The lowest BCUT2D eigenvalue weighted by Gasteiger charge is -2.24. The Morgan fingerprint density at radius 2 is 1.82 bits per heavy atom. The maximum atomic E-state index is 12.5. The lowest BCUT2D eigenvalue weighted by atomic mass is 10.1. The first-order valence-electron chi connectivity index (χ1n) is 5.31. The zero-order chi connectivity index (χ0) is 13.4. The van der Waals surface area contributed by atoms with Crippen LogP contribution < -0.4 is 5.73 Å². The molecule has 0 bridgehead atoms. The molecule has 1 heterocycles. The van der Waals surface area contributed by atoms with E-state index < -0.39 is 36.4 Å². The number of ether oxygens (including phenoxy) is 1. The number of amides is 1. The van der Waals surface area contributed by atoms with Crippen LogP contribution in [0.5, 0.6) is 0 Å². The number of nitrogens with zero attached hydrogens (tertiary/aromatic N) is 1. The van der Waals surface area contributed by atoms with Crippen LogP contribution >= 0.6 is 0 Å². The van der Waals surface area contributed by atoms with Crippen LogP contribution in [-0.4, -0.2) is 41.9 Å². The molecule has 2 N–H and O–H groups in total. The molecule has 0 aromatic heterocycles. The number of alkyl halides is 3. The molecule has 4 nitrogen and oxygen atoms in total. The van der Waals surface area contributed by atoms with Crippen molar-refractivity contribution in [3.8, 4) is 0 Å². The monoisotopic (exact) mass is 254 g/mol. The van der Waals surface area contributed by atoms with Gasteiger partial charge < -0.3 is 15.4 Å². The summed E-state index contributed by atoms with van der Waals surface area (Å²) in [6.07, 6.45) is -5.13. The quantitative estimate of drug-likeness (QED) is 0.716. The van der Waals surface area contributed by atoms with Gasteiger partial charge in [-0.25, -0.2) is 4.79 Å². The van der Waals surface area contributed by atoms with Crippen LogP contribution in [0, 0.1) is 5.92 Å². The molecule has 1 fully saturated rings. The summed E-state index contributed by atoms with van der Waals surface area (Å²) in [4.78, 5) is 12.6. The number of hydrogen-bond donors (Lipinski definition) is 1. The highest BCUT2D eigenvalue weighted by Gasteiger charge is 2.50. The molecule has 2 atom stereocenters. The van der Waals surface area contributed by atoms with E-state index in [1.807, 2.05) is 0 Å². The second-order valence-corrected chi connectivity index (χ2v) is 5.20. The summed E-state index contributed by atoms with van der Waals surface area (Å²) < 4.78 is 42.6. The number of carbonyl (C=O) groups is 1. The second-order valence-electron chi connectivity index (χ2n) is 5.20. The number of likely N-dealkylation sites (tertiary alicyclic amines) is 1. The zero-order valence-electron chi connectivity index (χ0n) is 10.0. The fourth-order valence-electron chi connectivity index (χ4n) is 1.65. The summed E-state index contributed by atoms with van der Waals surface area (Å²) in [5.41, 5.74) is 4.66. The molecule has 1 rings (SSSR count). The van der Waals surface area contributed by atoms with Gasteiger partial charge in [0.25, 0.3) is 0 Å². The third kappa shape index (κ3) is 3.76. The first-order chi connectivity index (χ1) is 7.50. The summed E-state index contributed by atoms with van der Waals surface area (Å²) in [6, 6.07) is -1.08.